The minimum atomic E-state index is -0.0658. The molecule has 0 aliphatic carbocycles. The summed E-state index contributed by atoms with van der Waals surface area (Å²) in [5.74, 6) is 0.734. The number of nitrogens with one attached hydrogen (secondary N) is 1. The van der Waals surface area contributed by atoms with Crippen molar-refractivity contribution in [1.29, 1.82) is 0 Å². The maximum Gasteiger partial charge on any atom is 0.229 e. The lowest BCUT2D eigenvalue weighted by Crippen LogP contribution is -2.47. The summed E-state index contributed by atoms with van der Waals surface area (Å²) in [7, 11) is 0. The molecule has 2 fully saturated rings. The van der Waals surface area contributed by atoms with Gasteiger partial charge in [-0.25, -0.2) is 0 Å². The topological polar surface area (TPSA) is 74.2 Å². The number of nitrogens with zero attached hydrogens (tertiary/aromatic N) is 3. The van der Waals surface area contributed by atoms with Gasteiger partial charge in [0.25, 0.3) is 0 Å². The highest BCUT2D eigenvalue weighted by molar-refractivity contribution is 5.97. The summed E-state index contributed by atoms with van der Waals surface area (Å²) >= 11 is 0. The van der Waals surface area contributed by atoms with E-state index in [1.807, 2.05) is 13.8 Å². The van der Waals surface area contributed by atoms with Crippen LogP contribution in [-0.4, -0.2) is 73.0 Å². The van der Waals surface area contributed by atoms with Crippen LogP contribution in [0, 0.1) is 0 Å². The minimum Gasteiger partial charge on any atom is -0.378 e. The number of carbonyl (C=O) groups is 2. The van der Waals surface area contributed by atoms with Crippen molar-refractivity contribution in [3.05, 3.63) is 0 Å². The number of rotatable bonds is 6. The van der Waals surface area contributed by atoms with Crippen LogP contribution >= 0.6 is 0 Å². The quantitative estimate of drug-likeness (QED) is 0.444. The van der Waals surface area contributed by atoms with Gasteiger partial charge in [0.05, 0.1) is 12.6 Å². The standard InChI is InChI=1S/C17H30N4O3/c1-3-18-17(20-11-8-14(9-12-20)24-4-2)19-10-13-21-15(22)6-5-7-16(21)23/h14H,3-13H2,1-2H3,(H,18,19). The highest BCUT2D eigenvalue weighted by atomic mass is 16.5. The van der Waals surface area contributed by atoms with Crippen LogP contribution in [0.25, 0.3) is 0 Å². The molecule has 1 N–H and O–H groups in total. The maximum atomic E-state index is 11.8. The first kappa shape index (κ1) is 18.7. The van der Waals surface area contributed by atoms with Gasteiger partial charge in [-0.3, -0.25) is 19.5 Å². The summed E-state index contributed by atoms with van der Waals surface area (Å²) in [6.45, 7) is 8.28. The number of piperidine rings is 2. The van der Waals surface area contributed by atoms with E-state index in [1.54, 1.807) is 0 Å². The highest BCUT2D eigenvalue weighted by Crippen LogP contribution is 2.14. The van der Waals surface area contributed by atoms with E-state index in [1.165, 1.54) is 4.90 Å². The lowest BCUT2D eigenvalue weighted by Gasteiger charge is -2.34. The number of imide groups is 1. The van der Waals surface area contributed by atoms with E-state index in [4.69, 9.17) is 4.74 Å². The molecule has 136 valence electrons. The molecule has 0 bridgehead atoms. The number of hydrogen-bond acceptors (Lipinski definition) is 4. The Morgan fingerprint density at radius 2 is 1.88 bits per heavy atom. The SMILES string of the molecule is CCNC(=NCCN1C(=O)CCCC1=O)N1CCC(OCC)CC1. The fourth-order valence-electron chi connectivity index (χ4n) is 3.20. The van der Waals surface area contributed by atoms with Gasteiger partial charge in [0.15, 0.2) is 5.96 Å². The second-order valence-corrected chi connectivity index (χ2v) is 6.17. The Bertz CT molecular complexity index is 443. The smallest absolute Gasteiger partial charge is 0.229 e. The van der Waals surface area contributed by atoms with E-state index >= 15 is 0 Å². The number of carbonyl (C=O) groups excluding carboxylic acids is 2. The van der Waals surface area contributed by atoms with Crippen molar-refractivity contribution in [2.75, 3.05) is 39.3 Å². The van der Waals surface area contributed by atoms with Crippen molar-refractivity contribution in [3.63, 3.8) is 0 Å². The van der Waals surface area contributed by atoms with Crippen molar-refractivity contribution in [1.82, 2.24) is 15.1 Å². The summed E-state index contributed by atoms with van der Waals surface area (Å²) in [5.41, 5.74) is 0. The van der Waals surface area contributed by atoms with Crippen LogP contribution in [0.15, 0.2) is 4.99 Å². The Kier molecular flexibility index (Phi) is 7.49. The van der Waals surface area contributed by atoms with Gasteiger partial charge in [0.2, 0.25) is 11.8 Å². The summed E-state index contributed by atoms with van der Waals surface area (Å²) in [6.07, 6.45) is 3.97. The van der Waals surface area contributed by atoms with Crippen LogP contribution in [-0.2, 0) is 14.3 Å². The Balaban J connectivity index is 1.86. The Labute approximate surface area is 144 Å². The van der Waals surface area contributed by atoms with Crippen molar-refractivity contribution in [3.8, 4) is 0 Å². The molecule has 0 saturated carbocycles. The molecular formula is C17H30N4O3. The number of hydrogen-bond donors (Lipinski definition) is 1. The Morgan fingerprint density at radius 1 is 1.21 bits per heavy atom. The average molecular weight is 338 g/mol. The lowest BCUT2D eigenvalue weighted by atomic mass is 10.1. The monoisotopic (exact) mass is 338 g/mol. The zero-order valence-electron chi connectivity index (χ0n) is 14.9. The highest BCUT2D eigenvalue weighted by Gasteiger charge is 2.25. The molecule has 2 rings (SSSR count). The molecule has 0 aromatic carbocycles. The van der Waals surface area contributed by atoms with Crippen molar-refractivity contribution in [2.45, 2.75) is 52.1 Å². The van der Waals surface area contributed by atoms with E-state index < -0.39 is 0 Å². The van der Waals surface area contributed by atoms with E-state index in [-0.39, 0.29) is 11.8 Å². The molecule has 24 heavy (non-hydrogen) atoms. The summed E-state index contributed by atoms with van der Waals surface area (Å²) < 4.78 is 5.69. The molecule has 0 unspecified atom stereocenters. The van der Waals surface area contributed by atoms with Crippen LogP contribution in [0.4, 0.5) is 0 Å². The van der Waals surface area contributed by atoms with Gasteiger partial charge in [-0.15, -0.1) is 0 Å². The molecule has 0 atom stereocenters. The summed E-state index contributed by atoms with van der Waals surface area (Å²) in [4.78, 5) is 31.9. The van der Waals surface area contributed by atoms with Crippen LogP contribution in [0.3, 0.4) is 0 Å². The Morgan fingerprint density at radius 3 is 2.46 bits per heavy atom. The molecule has 2 aliphatic rings. The fraction of sp³-hybridized carbons (Fsp3) is 0.824. The van der Waals surface area contributed by atoms with E-state index in [2.05, 4.69) is 15.2 Å². The van der Waals surface area contributed by atoms with Gasteiger partial charge in [0, 0.05) is 45.6 Å². The Hall–Kier alpha value is -1.63. The predicted molar refractivity (Wildman–Crippen MR) is 92.8 cm³/mol. The third-order valence-electron chi connectivity index (χ3n) is 4.45. The molecule has 0 aromatic heterocycles. The van der Waals surface area contributed by atoms with Gasteiger partial charge in [0.1, 0.15) is 0 Å². The third kappa shape index (κ3) is 5.19. The molecule has 2 heterocycles. The molecule has 0 radical (unpaired) electrons. The van der Waals surface area contributed by atoms with Gasteiger partial charge in [-0.2, -0.15) is 0 Å². The molecule has 0 aromatic rings. The van der Waals surface area contributed by atoms with Crippen LogP contribution in [0.2, 0.25) is 0 Å². The molecule has 2 saturated heterocycles. The molecular weight excluding hydrogens is 308 g/mol. The zero-order valence-corrected chi connectivity index (χ0v) is 14.9. The molecule has 2 aliphatic heterocycles. The number of amides is 2. The predicted octanol–water partition coefficient (Wildman–Crippen LogP) is 0.992. The zero-order chi connectivity index (χ0) is 17.4. The van der Waals surface area contributed by atoms with E-state index in [0.29, 0.717) is 38.5 Å². The molecule has 2 amide bonds. The van der Waals surface area contributed by atoms with Crippen molar-refractivity contribution in [2.24, 2.45) is 4.99 Å². The van der Waals surface area contributed by atoms with Crippen molar-refractivity contribution >= 4 is 17.8 Å². The average Bonchev–Trinajstić information content (AvgIpc) is 2.58. The van der Waals surface area contributed by atoms with Gasteiger partial charge in [-0.05, 0) is 33.1 Å². The first-order chi connectivity index (χ1) is 11.7. The molecule has 0 spiro atoms. The lowest BCUT2D eigenvalue weighted by molar-refractivity contribution is -0.147. The van der Waals surface area contributed by atoms with Crippen LogP contribution < -0.4 is 5.32 Å². The fourth-order valence-corrected chi connectivity index (χ4v) is 3.20. The van der Waals surface area contributed by atoms with Crippen molar-refractivity contribution < 1.29 is 14.3 Å². The first-order valence-electron chi connectivity index (χ1n) is 9.13. The summed E-state index contributed by atoms with van der Waals surface area (Å²) in [6, 6.07) is 0. The normalized spacial score (nSPS) is 20.7. The van der Waals surface area contributed by atoms with E-state index in [0.717, 1.165) is 45.0 Å². The number of likely N-dealkylation sites (tertiary alicyclic amines) is 2. The summed E-state index contributed by atoms with van der Waals surface area (Å²) in [5, 5.41) is 3.31. The van der Waals surface area contributed by atoms with Gasteiger partial charge in [-0.1, -0.05) is 0 Å². The van der Waals surface area contributed by atoms with Crippen LogP contribution in [0.1, 0.15) is 46.0 Å². The third-order valence-corrected chi connectivity index (χ3v) is 4.45. The number of aliphatic imine (C=N–C) groups is 1. The minimum absolute atomic E-state index is 0.0658. The van der Waals surface area contributed by atoms with Crippen LogP contribution in [0.5, 0.6) is 0 Å². The maximum absolute atomic E-state index is 11.8. The molecule has 7 heteroatoms. The number of ether oxygens (including phenoxy) is 1. The van der Waals surface area contributed by atoms with Gasteiger partial charge < -0.3 is 15.0 Å². The number of guanidine groups is 1. The second kappa shape index (κ2) is 9.61. The van der Waals surface area contributed by atoms with E-state index in [9.17, 15) is 9.59 Å². The van der Waals surface area contributed by atoms with Gasteiger partial charge >= 0.3 is 0 Å². The molecule has 7 nitrogen and oxygen atoms in total. The first-order valence-corrected chi connectivity index (χ1v) is 9.13. The largest absolute Gasteiger partial charge is 0.378 e. The second-order valence-electron chi connectivity index (χ2n) is 6.17.